The maximum absolute atomic E-state index is 13.3. The van der Waals surface area contributed by atoms with E-state index in [1.165, 1.54) is 12.1 Å². The first-order chi connectivity index (χ1) is 9.65. The highest BCUT2D eigenvalue weighted by Gasteiger charge is 2.31. The lowest BCUT2D eigenvalue weighted by molar-refractivity contribution is 0.625. The molecule has 0 radical (unpaired) electrons. The molecule has 1 aliphatic carbocycles. The number of anilines is 1. The summed E-state index contributed by atoms with van der Waals surface area (Å²) in [5.74, 6) is 0.769. The average molecular weight is 271 g/mol. The maximum Gasteiger partial charge on any atom is 0.186 e. The topological polar surface area (TPSA) is 72.5 Å². The molecule has 1 aromatic carbocycles. The van der Waals surface area contributed by atoms with Gasteiger partial charge in [0.1, 0.15) is 11.6 Å². The minimum absolute atomic E-state index is 0.251. The standard InChI is InChI=1S/C14H14FN5/c1-7-6-9(15)4-5-10(7)20-14-11(13(16)17-18-14)12(19-20)8-2-3-8/h4-6,8H,2-3H2,1H3,(H3,16,17,18). The van der Waals surface area contributed by atoms with Gasteiger partial charge in [0.25, 0.3) is 0 Å². The van der Waals surface area contributed by atoms with Crippen LogP contribution < -0.4 is 5.73 Å². The molecular weight excluding hydrogens is 257 g/mol. The van der Waals surface area contributed by atoms with Crippen molar-refractivity contribution in [1.82, 2.24) is 20.0 Å². The van der Waals surface area contributed by atoms with Gasteiger partial charge < -0.3 is 5.73 Å². The third kappa shape index (κ3) is 1.54. The van der Waals surface area contributed by atoms with Crippen LogP contribution in [0.4, 0.5) is 10.2 Å². The number of halogens is 1. The highest BCUT2D eigenvalue weighted by atomic mass is 19.1. The molecule has 1 fully saturated rings. The number of hydrogen-bond donors (Lipinski definition) is 2. The van der Waals surface area contributed by atoms with Gasteiger partial charge in [0.05, 0.1) is 16.8 Å². The summed E-state index contributed by atoms with van der Waals surface area (Å²) >= 11 is 0. The number of aryl methyl sites for hydroxylation is 1. The van der Waals surface area contributed by atoms with E-state index in [0.29, 0.717) is 17.4 Å². The normalized spacial score (nSPS) is 15.1. The van der Waals surface area contributed by atoms with Crippen molar-refractivity contribution < 1.29 is 4.39 Å². The summed E-state index contributed by atoms with van der Waals surface area (Å²) in [6.45, 7) is 1.86. The molecular formula is C14H14FN5. The molecule has 0 saturated heterocycles. The summed E-state index contributed by atoms with van der Waals surface area (Å²) < 4.78 is 15.0. The molecule has 0 amide bonds. The van der Waals surface area contributed by atoms with Gasteiger partial charge in [-0.2, -0.15) is 10.2 Å². The van der Waals surface area contributed by atoms with Crippen molar-refractivity contribution in [3.8, 4) is 5.69 Å². The average Bonchev–Trinajstić information content (AvgIpc) is 3.08. The quantitative estimate of drug-likeness (QED) is 0.752. The Hall–Kier alpha value is -2.37. The minimum Gasteiger partial charge on any atom is -0.383 e. The van der Waals surface area contributed by atoms with Crippen LogP contribution in [0.3, 0.4) is 0 Å². The molecule has 20 heavy (non-hydrogen) atoms. The van der Waals surface area contributed by atoms with Crippen molar-refractivity contribution in [3.05, 3.63) is 35.3 Å². The van der Waals surface area contributed by atoms with Crippen LogP contribution in [0.25, 0.3) is 16.7 Å². The minimum atomic E-state index is -0.251. The molecule has 1 aliphatic rings. The fraction of sp³-hybridized carbons (Fsp3) is 0.286. The van der Waals surface area contributed by atoms with Crippen molar-refractivity contribution in [2.45, 2.75) is 25.7 Å². The Balaban J connectivity index is 2.00. The van der Waals surface area contributed by atoms with E-state index in [0.717, 1.165) is 35.2 Å². The van der Waals surface area contributed by atoms with E-state index in [1.54, 1.807) is 10.7 Å². The zero-order valence-corrected chi connectivity index (χ0v) is 11.0. The van der Waals surface area contributed by atoms with Crippen molar-refractivity contribution in [2.24, 2.45) is 0 Å². The Labute approximate surface area is 114 Å². The van der Waals surface area contributed by atoms with E-state index >= 15 is 0 Å². The van der Waals surface area contributed by atoms with Gasteiger partial charge in [-0.25, -0.2) is 9.07 Å². The smallest absolute Gasteiger partial charge is 0.186 e. The van der Waals surface area contributed by atoms with E-state index in [1.807, 2.05) is 6.92 Å². The zero-order chi connectivity index (χ0) is 13.9. The third-order valence-electron chi connectivity index (χ3n) is 3.79. The van der Waals surface area contributed by atoms with Crippen LogP contribution in [0.2, 0.25) is 0 Å². The molecule has 3 N–H and O–H groups in total. The first kappa shape index (κ1) is 11.5. The predicted molar refractivity (Wildman–Crippen MR) is 74.3 cm³/mol. The van der Waals surface area contributed by atoms with Gasteiger partial charge in [-0.1, -0.05) is 0 Å². The number of nitrogens with one attached hydrogen (secondary N) is 1. The molecule has 0 bridgehead atoms. The second kappa shape index (κ2) is 3.82. The van der Waals surface area contributed by atoms with Gasteiger partial charge >= 0.3 is 0 Å². The summed E-state index contributed by atoms with van der Waals surface area (Å²) in [7, 11) is 0. The molecule has 2 aromatic heterocycles. The van der Waals surface area contributed by atoms with Crippen molar-refractivity contribution in [1.29, 1.82) is 0 Å². The Kier molecular flexibility index (Phi) is 2.19. The van der Waals surface area contributed by atoms with Gasteiger partial charge in [0.15, 0.2) is 5.65 Å². The van der Waals surface area contributed by atoms with Crippen LogP contribution in [0.1, 0.15) is 30.0 Å². The number of hydrogen-bond acceptors (Lipinski definition) is 3. The van der Waals surface area contributed by atoms with Crippen LogP contribution in [0.5, 0.6) is 0 Å². The van der Waals surface area contributed by atoms with Gasteiger partial charge in [-0.3, -0.25) is 5.10 Å². The molecule has 102 valence electrons. The number of fused-ring (bicyclic) bond motifs is 1. The second-order valence-electron chi connectivity index (χ2n) is 5.34. The van der Waals surface area contributed by atoms with Crippen LogP contribution >= 0.6 is 0 Å². The maximum atomic E-state index is 13.3. The summed E-state index contributed by atoms with van der Waals surface area (Å²) in [6.07, 6.45) is 2.28. The Morgan fingerprint density at radius 2 is 2.20 bits per heavy atom. The number of aromatic amines is 1. The van der Waals surface area contributed by atoms with E-state index in [-0.39, 0.29) is 5.82 Å². The van der Waals surface area contributed by atoms with E-state index < -0.39 is 0 Å². The zero-order valence-electron chi connectivity index (χ0n) is 11.0. The molecule has 0 spiro atoms. The van der Waals surface area contributed by atoms with Crippen LogP contribution in [-0.2, 0) is 0 Å². The Morgan fingerprint density at radius 1 is 1.40 bits per heavy atom. The lowest BCUT2D eigenvalue weighted by Gasteiger charge is -2.05. The fourth-order valence-corrected chi connectivity index (χ4v) is 2.62. The summed E-state index contributed by atoms with van der Waals surface area (Å²) in [4.78, 5) is 0. The number of nitrogens with two attached hydrogens (primary N) is 1. The Bertz CT molecular complexity index is 812. The largest absolute Gasteiger partial charge is 0.383 e. The summed E-state index contributed by atoms with van der Waals surface area (Å²) in [6, 6.07) is 4.65. The van der Waals surface area contributed by atoms with E-state index in [2.05, 4.69) is 15.3 Å². The predicted octanol–water partition coefficient (Wildman–Crippen LogP) is 2.66. The molecule has 0 unspecified atom stereocenters. The molecule has 1 saturated carbocycles. The number of nitrogen functional groups attached to an aromatic ring is 1. The lowest BCUT2D eigenvalue weighted by Crippen LogP contribution is -2.01. The molecule has 2 heterocycles. The number of rotatable bonds is 2. The summed E-state index contributed by atoms with van der Waals surface area (Å²) in [5.41, 5.74) is 9.31. The molecule has 0 atom stereocenters. The lowest BCUT2D eigenvalue weighted by atomic mass is 10.2. The molecule has 6 heteroatoms. The van der Waals surface area contributed by atoms with E-state index in [4.69, 9.17) is 5.73 Å². The molecule has 0 aliphatic heterocycles. The van der Waals surface area contributed by atoms with Crippen molar-refractivity contribution in [2.75, 3.05) is 5.73 Å². The monoisotopic (exact) mass is 271 g/mol. The molecule has 4 rings (SSSR count). The summed E-state index contributed by atoms with van der Waals surface area (Å²) in [5, 5.41) is 12.6. The van der Waals surface area contributed by atoms with Crippen LogP contribution in [0, 0.1) is 12.7 Å². The van der Waals surface area contributed by atoms with E-state index in [9.17, 15) is 4.39 Å². The SMILES string of the molecule is Cc1cc(F)ccc1-n1nc(C2CC2)c2c(N)[nH]nc21. The highest BCUT2D eigenvalue weighted by Crippen LogP contribution is 2.43. The first-order valence-corrected chi connectivity index (χ1v) is 6.64. The van der Waals surface area contributed by atoms with Gasteiger partial charge in [0.2, 0.25) is 0 Å². The van der Waals surface area contributed by atoms with Gasteiger partial charge in [-0.05, 0) is 43.5 Å². The molecule has 3 aromatic rings. The van der Waals surface area contributed by atoms with Crippen LogP contribution in [0.15, 0.2) is 18.2 Å². The van der Waals surface area contributed by atoms with Crippen molar-refractivity contribution >= 4 is 16.9 Å². The van der Waals surface area contributed by atoms with Crippen LogP contribution in [-0.4, -0.2) is 20.0 Å². The number of aromatic nitrogens is 4. The first-order valence-electron chi connectivity index (χ1n) is 6.64. The number of nitrogens with zero attached hydrogens (tertiary/aromatic N) is 3. The molecule has 5 nitrogen and oxygen atoms in total. The number of H-pyrrole nitrogens is 1. The second-order valence-corrected chi connectivity index (χ2v) is 5.34. The number of benzene rings is 1. The van der Waals surface area contributed by atoms with Gasteiger partial charge in [0, 0.05) is 5.92 Å². The van der Waals surface area contributed by atoms with Crippen molar-refractivity contribution in [3.63, 3.8) is 0 Å². The van der Waals surface area contributed by atoms with Gasteiger partial charge in [-0.15, -0.1) is 0 Å². The fourth-order valence-electron chi connectivity index (χ4n) is 2.62. The Morgan fingerprint density at radius 3 is 2.90 bits per heavy atom. The third-order valence-corrected chi connectivity index (χ3v) is 3.79. The highest BCUT2D eigenvalue weighted by molar-refractivity contribution is 5.90.